The number of nitrogens with two attached hydrogens (primary N) is 1. The smallest absolute Gasteiger partial charge is 0.251 e. The van der Waals surface area contributed by atoms with E-state index in [1.807, 2.05) is 6.07 Å². The number of likely N-dealkylation sites (tertiary alicyclic amines) is 1. The number of aryl methyl sites for hydroxylation is 1. The molecular formula is C20H25N3O. The minimum absolute atomic E-state index is 0.0281. The van der Waals surface area contributed by atoms with Crippen LogP contribution < -0.4 is 11.1 Å². The van der Waals surface area contributed by atoms with Crippen LogP contribution in [0.15, 0.2) is 48.5 Å². The van der Waals surface area contributed by atoms with Crippen LogP contribution in [0.2, 0.25) is 0 Å². The zero-order chi connectivity index (χ0) is 16.9. The van der Waals surface area contributed by atoms with Crippen molar-refractivity contribution in [1.82, 2.24) is 10.2 Å². The summed E-state index contributed by atoms with van der Waals surface area (Å²) < 4.78 is 0. The molecule has 3 N–H and O–H groups in total. The van der Waals surface area contributed by atoms with E-state index in [1.54, 1.807) is 18.2 Å². The van der Waals surface area contributed by atoms with Gasteiger partial charge in [-0.2, -0.15) is 0 Å². The number of hydrogen-bond acceptors (Lipinski definition) is 3. The van der Waals surface area contributed by atoms with Gasteiger partial charge >= 0.3 is 0 Å². The van der Waals surface area contributed by atoms with Crippen LogP contribution in [0.3, 0.4) is 0 Å². The first kappa shape index (κ1) is 16.5. The molecule has 2 aromatic carbocycles. The highest BCUT2D eigenvalue weighted by atomic mass is 16.1. The van der Waals surface area contributed by atoms with Gasteiger partial charge in [-0.1, -0.05) is 30.3 Å². The maximum Gasteiger partial charge on any atom is 0.251 e. The molecule has 1 fully saturated rings. The fraction of sp³-hybridized carbons (Fsp3) is 0.350. The number of anilines is 1. The van der Waals surface area contributed by atoms with Crippen LogP contribution in [0.4, 0.5) is 5.69 Å². The molecule has 0 bridgehead atoms. The van der Waals surface area contributed by atoms with E-state index >= 15 is 0 Å². The molecule has 0 radical (unpaired) electrons. The van der Waals surface area contributed by atoms with Gasteiger partial charge in [-0.15, -0.1) is 0 Å². The summed E-state index contributed by atoms with van der Waals surface area (Å²) in [5.41, 5.74) is 9.73. The summed E-state index contributed by atoms with van der Waals surface area (Å²) in [6.45, 7) is 5.17. The third-order valence-corrected chi connectivity index (χ3v) is 4.73. The van der Waals surface area contributed by atoms with E-state index in [-0.39, 0.29) is 11.9 Å². The Morgan fingerprint density at radius 2 is 1.92 bits per heavy atom. The quantitative estimate of drug-likeness (QED) is 0.851. The molecule has 126 valence electrons. The summed E-state index contributed by atoms with van der Waals surface area (Å²) in [6, 6.07) is 15.9. The lowest BCUT2D eigenvalue weighted by Gasteiger charge is -2.32. The van der Waals surface area contributed by atoms with E-state index in [4.69, 9.17) is 5.73 Å². The highest BCUT2D eigenvalue weighted by Gasteiger charge is 2.21. The van der Waals surface area contributed by atoms with Crippen molar-refractivity contribution >= 4 is 11.6 Å². The van der Waals surface area contributed by atoms with Gasteiger partial charge in [0.1, 0.15) is 0 Å². The number of benzene rings is 2. The Bertz CT molecular complexity index is 706. The molecule has 0 unspecified atom stereocenters. The summed E-state index contributed by atoms with van der Waals surface area (Å²) in [7, 11) is 0. The number of carbonyl (C=O) groups excluding carboxylic acids is 1. The van der Waals surface area contributed by atoms with E-state index in [1.165, 1.54) is 11.1 Å². The van der Waals surface area contributed by atoms with Gasteiger partial charge in [0.15, 0.2) is 0 Å². The van der Waals surface area contributed by atoms with Gasteiger partial charge in [-0.3, -0.25) is 9.69 Å². The second kappa shape index (κ2) is 7.49. The number of hydrogen-bond donors (Lipinski definition) is 2. The number of amides is 1. The topological polar surface area (TPSA) is 58.4 Å². The average molecular weight is 323 g/mol. The fourth-order valence-electron chi connectivity index (χ4n) is 3.21. The van der Waals surface area contributed by atoms with Gasteiger partial charge in [0.25, 0.3) is 5.91 Å². The standard InChI is InChI=1S/C20H25N3O/c1-15-5-2-3-6-17(15)14-23-11-9-19(10-12-23)22-20(24)16-7-4-8-18(21)13-16/h2-8,13,19H,9-12,14,21H2,1H3,(H,22,24). The summed E-state index contributed by atoms with van der Waals surface area (Å²) >= 11 is 0. The lowest BCUT2D eigenvalue weighted by atomic mass is 10.0. The second-order valence-electron chi connectivity index (χ2n) is 6.58. The summed E-state index contributed by atoms with van der Waals surface area (Å²) in [6.07, 6.45) is 1.97. The SMILES string of the molecule is Cc1ccccc1CN1CCC(NC(=O)c2cccc(N)c2)CC1. The fourth-order valence-corrected chi connectivity index (χ4v) is 3.21. The van der Waals surface area contributed by atoms with Crippen molar-refractivity contribution < 1.29 is 4.79 Å². The molecule has 0 spiro atoms. The Hall–Kier alpha value is -2.33. The molecule has 0 saturated carbocycles. The largest absolute Gasteiger partial charge is 0.399 e. The van der Waals surface area contributed by atoms with Crippen molar-refractivity contribution in [2.24, 2.45) is 0 Å². The minimum atomic E-state index is -0.0281. The van der Waals surface area contributed by atoms with Crippen LogP contribution >= 0.6 is 0 Å². The molecule has 4 heteroatoms. The predicted octanol–water partition coefficient (Wildman–Crippen LogP) is 2.97. The van der Waals surface area contributed by atoms with Crippen molar-refractivity contribution in [3.8, 4) is 0 Å². The van der Waals surface area contributed by atoms with Crippen LogP contribution in [-0.2, 0) is 6.54 Å². The number of nitrogens with zero attached hydrogens (tertiary/aromatic N) is 1. The van der Waals surface area contributed by atoms with Crippen molar-refractivity contribution in [3.63, 3.8) is 0 Å². The lowest BCUT2D eigenvalue weighted by Crippen LogP contribution is -2.44. The Morgan fingerprint density at radius 1 is 1.17 bits per heavy atom. The second-order valence-corrected chi connectivity index (χ2v) is 6.58. The number of rotatable bonds is 4. The Balaban J connectivity index is 1.50. The van der Waals surface area contributed by atoms with Crippen LogP contribution in [0.5, 0.6) is 0 Å². The third kappa shape index (κ3) is 4.15. The first-order chi connectivity index (χ1) is 11.6. The van der Waals surface area contributed by atoms with E-state index in [0.29, 0.717) is 11.3 Å². The summed E-state index contributed by atoms with van der Waals surface area (Å²) in [4.78, 5) is 14.8. The van der Waals surface area contributed by atoms with Gasteiger partial charge in [0.2, 0.25) is 0 Å². The summed E-state index contributed by atoms with van der Waals surface area (Å²) in [5, 5.41) is 3.14. The van der Waals surface area contributed by atoms with E-state index in [9.17, 15) is 4.79 Å². The van der Waals surface area contributed by atoms with Crippen LogP contribution in [0, 0.1) is 6.92 Å². The number of piperidine rings is 1. The molecule has 1 aliphatic rings. The molecule has 2 aromatic rings. The Kier molecular flexibility index (Phi) is 5.16. The molecule has 0 atom stereocenters. The number of carbonyl (C=O) groups is 1. The van der Waals surface area contributed by atoms with Crippen LogP contribution in [0.25, 0.3) is 0 Å². The first-order valence-corrected chi connectivity index (χ1v) is 8.55. The minimum Gasteiger partial charge on any atom is -0.399 e. The van der Waals surface area contributed by atoms with Gasteiger partial charge in [0.05, 0.1) is 0 Å². The highest BCUT2D eigenvalue weighted by Crippen LogP contribution is 2.17. The first-order valence-electron chi connectivity index (χ1n) is 8.55. The number of nitrogens with one attached hydrogen (secondary N) is 1. The van der Waals surface area contributed by atoms with E-state index in [2.05, 4.69) is 41.4 Å². The Morgan fingerprint density at radius 3 is 2.62 bits per heavy atom. The summed E-state index contributed by atoms with van der Waals surface area (Å²) in [5.74, 6) is -0.0281. The molecule has 1 amide bonds. The normalized spacial score (nSPS) is 16.0. The van der Waals surface area contributed by atoms with Crippen molar-refractivity contribution in [2.75, 3.05) is 18.8 Å². The highest BCUT2D eigenvalue weighted by molar-refractivity contribution is 5.95. The van der Waals surface area contributed by atoms with Crippen LogP contribution in [0.1, 0.15) is 34.3 Å². The molecule has 0 aromatic heterocycles. The van der Waals surface area contributed by atoms with Gasteiger partial charge < -0.3 is 11.1 Å². The molecule has 24 heavy (non-hydrogen) atoms. The van der Waals surface area contributed by atoms with Crippen molar-refractivity contribution in [2.45, 2.75) is 32.4 Å². The number of nitrogen functional groups attached to an aromatic ring is 1. The van der Waals surface area contributed by atoms with Gasteiger partial charge in [-0.05, 0) is 49.1 Å². The van der Waals surface area contributed by atoms with E-state index < -0.39 is 0 Å². The lowest BCUT2D eigenvalue weighted by molar-refractivity contribution is 0.0909. The molecule has 1 saturated heterocycles. The molecule has 1 aliphatic heterocycles. The van der Waals surface area contributed by atoms with Gasteiger partial charge in [-0.25, -0.2) is 0 Å². The molecule has 3 rings (SSSR count). The van der Waals surface area contributed by atoms with Crippen molar-refractivity contribution in [3.05, 3.63) is 65.2 Å². The molecule has 4 nitrogen and oxygen atoms in total. The van der Waals surface area contributed by atoms with Crippen molar-refractivity contribution in [1.29, 1.82) is 0 Å². The molecule has 1 heterocycles. The predicted molar refractivity (Wildman–Crippen MR) is 97.8 cm³/mol. The zero-order valence-corrected chi connectivity index (χ0v) is 14.2. The Labute approximate surface area is 143 Å². The van der Waals surface area contributed by atoms with Crippen LogP contribution in [-0.4, -0.2) is 29.9 Å². The monoisotopic (exact) mass is 323 g/mol. The molecular weight excluding hydrogens is 298 g/mol. The zero-order valence-electron chi connectivity index (χ0n) is 14.2. The van der Waals surface area contributed by atoms with E-state index in [0.717, 1.165) is 32.5 Å². The maximum atomic E-state index is 12.3. The third-order valence-electron chi connectivity index (χ3n) is 4.73. The molecule has 0 aliphatic carbocycles. The average Bonchev–Trinajstić information content (AvgIpc) is 2.58. The van der Waals surface area contributed by atoms with Gasteiger partial charge in [0, 0.05) is 36.9 Å². The maximum absolute atomic E-state index is 12.3.